The van der Waals surface area contributed by atoms with E-state index in [9.17, 15) is 62.6 Å². The summed E-state index contributed by atoms with van der Waals surface area (Å²) >= 11 is 0. The van der Waals surface area contributed by atoms with E-state index in [0.717, 1.165) is 10.5 Å². The van der Waals surface area contributed by atoms with E-state index in [1.807, 2.05) is 19.9 Å². The van der Waals surface area contributed by atoms with Crippen molar-refractivity contribution in [3.8, 4) is 0 Å². The van der Waals surface area contributed by atoms with Crippen LogP contribution in [-0.4, -0.2) is 198 Å². The van der Waals surface area contributed by atoms with Crippen LogP contribution in [-0.2, 0) is 75.2 Å². The molecule has 2 aliphatic rings. The second-order valence-electron chi connectivity index (χ2n) is 26.0. The molecule has 0 radical (unpaired) electrons. The van der Waals surface area contributed by atoms with E-state index in [1.165, 1.54) is 31.1 Å². The number of hydrogen-bond donors (Lipinski definition) is 8. The maximum atomic E-state index is 14.8. The van der Waals surface area contributed by atoms with Crippen LogP contribution in [0.25, 0.3) is 0 Å². The highest BCUT2D eigenvalue weighted by Gasteiger charge is 2.44. The summed E-state index contributed by atoms with van der Waals surface area (Å²) in [6.45, 7) is 16.7. The number of benzene rings is 2. The first kappa shape index (κ1) is 79.2. The molecule has 11 atom stereocenters. The number of methoxy groups -OCH3 is 2. The normalized spacial score (nSPS) is 17.1. The summed E-state index contributed by atoms with van der Waals surface area (Å²) in [6, 6.07) is 7.90. The van der Waals surface area contributed by atoms with Crippen molar-refractivity contribution in [2.45, 2.75) is 207 Å². The number of urea groups is 1. The van der Waals surface area contributed by atoms with Crippen LogP contribution < -0.4 is 37.6 Å². The molecule has 2 heterocycles. The molecular weight excluding hydrogens is 1230 g/mol. The average Bonchev–Trinajstić information content (AvgIpc) is 1.81. The molecule has 528 valence electrons. The zero-order chi connectivity index (χ0) is 70.8. The van der Waals surface area contributed by atoms with E-state index in [2.05, 4.69) is 31.9 Å². The van der Waals surface area contributed by atoms with Crippen molar-refractivity contribution in [2.75, 3.05) is 53.3 Å². The van der Waals surface area contributed by atoms with Gasteiger partial charge >= 0.3 is 18.1 Å². The molecule has 2 fully saturated rings. The van der Waals surface area contributed by atoms with Crippen LogP contribution in [0.1, 0.15) is 150 Å². The smallest absolute Gasteiger partial charge is 0.410 e. The molecule has 27 heteroatoms. The summed E-state index contributed by atoms with van der Waals surface area (Å²) < 4.78 is 17.7. The lowest BCUT2D eigenvalue weighted by molar-refractivity contribution is -0.148. The minimum Gasteiger partial charge on any atom is -0.480 e. The number of carbonyl (C=O) groups is 12. The van der Waals surface area contributed by atoms with E-state index in [4.69, 9.17) is 19.9 Å². The summed E-state index contributed by atoms with van der Waals surface area (Å²) in [7, 11) is 5.97. The van der Waals surface area contributed by atoms with Gasteiger partial charge in [-0.25, -0.2) is 14.4 Å². The first-order valence-corrected chi connectivity index (χ1v) is 33.2. The molecule has 0 unspecified atom stereocenters. The third-order valence-corrected chi connectivity index (χ3v) is 17.9. The third-order valence-electron chi connectivity index (χ3n) is 17.9. The van der Waals surface area contributed by atoms with Gasteiger partial charge in [0, 0.05) is 79.3 Å². The minimum atomic E-state index is -1.19. The second kappa shape index (κ2) is 39.0. The maximum absolute atomic E-state index is 14.8. The summed E-state index contributed by atoms with van der Waals surface area (Å²) in [5.41, 5.74) is 6.83. The Morgan fingerprint density at radius 2 is 1.33 bits per heavy atom. The fourth-order valence-corrected chi connectivity index (χ4v) is 12.3. The van der Waals surface area contributed by atoms with Crippen LogP contribution in [0.15, 0.2) is 54.6 Å². The van der Waals surface area contributed by atoms with E-state index < -0.39 is 120 Å². The molecule has 2 saturated heterocycles. The number of nitrogens with one attached hydrogen (secondary N) is 6. The number of hydrogen-bond acceptors (Lipinski definition) is 15. The largest absolute Gasteiger partial charge is 0.480 e. The van der Waals surface area contributed by atoms with Crippen molar-refractivity contribution < 1.29 is 76.9 Å². The number of carboxylic acid groups (broad SMARTS) is 1. The molecule has 0 aromatic heterocycles. The zero-order valence-electron chi connectivity index (χ0n) is 57.7. The van der Waals surface area contributed by atoms with Gasteiger partial charge in [-0.15, -0.1) is 0 Å². The molecule has 12 amide bonds. The number of nitrogens with zero attached hydrogens (tertiary/aromatic N) is 4. The van der Waals surface area contributed by atoms with Crippen molar-refractivity contribution in [3.63, 3.8) is 0 Å². The third kappa shape index (κ3) is 23.9. The fraction of sp³-hybridized carbons (Fsp3) is 0.647. The number of ether oxygens (including phenoxy) is 3. The number of amides is 12. The molecule has 4 rings (SSSR count). The molecule has 9 N–H and O–H groups in total. The van der Waals surface area contributed by atoms with Gasteiger partial charge in [-0.2, -0.15) is 0 Å². The topological polar surface area (TPSA) is 364 Å². The number of anilines is 1. The molecular formula is C68H105N11O16. The Bertz CT molecular complexity index is 2900. The van der Waals surface area contributed by atoms with Crippen molar-refractivity contribution in [3.05, 3.63) is 65.7 Å². The number of imide groups is 1. The van der Waals surface area contributed by atoms with Crippen LogP contribution in [0.5, 0.6) is 0 Å². The summed E-state index contributed by atoms with van der Waals surface area (Å²) in [6.07, 6.45) is 1.69. The Morgan fingerprint density at radius 1 is 0.695 bits per heavy atom. The highest BCUT2D eigenvalue weighted by atomic mass is 16.6. The molecule has 0 bridgehead atoms. The number of primary amides is 1. The van der Waals surface area contributed by atoms with Crippen LogP contribution in [0.3, 0.4) is 0 Å². The highest BCUT2D eigenvalue weighted by Crippen LogP contribution is 2.30. The van der Waals surface area contributed by atoms with Gasteiger partial charge in [-0.05, 0) is 85.5 Å². The number of rotatable bonds is 39. The predicted octanol–water partition coefficient (Wildman–Crippen LogP) is 4.87. The molecule has 2 aromatic rings. The van der Waals surface area contributed by atoms with Crippen molar-refractivity contribution >= 4 is 76.9 Å². The van der Waals surface area contributed by atoms with Gasteiger partial charge in [-0.1, -0.05) is 118 Å². The SMILES string of the molecule is CC[C@H](C)[C@@H]([C@@H](CC(=O)N1CCC[C@H]1[C@H](OC)[C@@H](C)C(=O)N[C@@H](Cc1ccccc1)C(=O)O)OC)N(C)C(=O)[C@@H](NC(=O)[C@H](C(C)C)N(C)C(=O)OCc1ccc(NC(=O)[C@H](CCCNC(N)=O)NC(=O)[C@@H](NC(=O)CCCCCN2C(=O)CCC2=O)C(C)C)cc1)C(C)C. The van der Waals surface area contributed by atoms with E-state index in [0.29, 0.717) is 62.9 Å². The molecule has 2 aliphatic heterocycles. The highest BCUT2D eigenvalue weighted by molar-refractivity contribution is 6.02. The van der Waals surface area contributed by atoms with Crippen LogP contribution >= 0.6 is 0 Å². The van der Waals surface area contributed by atoms with Gasteiger partial charge < -0.3 is 66.8 Å². The number of unbranched alkanes of at least 4 members (excludes halogenated alkanes) is 2. The summed E-state index contributed by atoms with van der Waals surface area (Å²) in [4.78, 5) is 165. The van der Waals surface area contributed by atoms with E-state index in [-0.39, 0.29) is 93.6 Å². The Hall–Kier alpha value is -8.20. The van der Waals surface area contributed by atoms with Gasteiger partial charge in [0.05, 0.1) is 36.6 Å². The lowest BCUT2D eigenvalue weighted by Gasteiger charge is -2.41. The number of aliphatic carboxylic acids is 1. The fourth-order valence-electron chi connectivity index (χ4n) is 12.3. The summed E-state index contributed by atoms with van der Waals surface area (Å²) in [5.74, 6) is -7.34. The Balaban J connectivity index is 1.38. The first-order valence-electron chi connectivity index (χ1n) is 33.2. The average molecular weight is 1330 g/mol. The Morgan fingerprint density at radius 3 is 1.89 bits per heavy atom. The van der Waals surface area contributed by atoms with Crippen LogP contribution in [0, 0.1) is 29.6 Å². The number of likely N-dealkylation sites (N-methyl/N-ethyl adjacent to an activating group) is 2. The minimum absolute atomic E-state index is 0.0757. The standard InChI is InChI=1S/C68H105N11O16/c1-14-43(8)59(51(93-12)38-55(83)78-36-22-26-50(78)60(94-13)44(9)61(84)73-49(66(89)90)37-45-23-17-15-18-24-45)76(10)65(88)57(41(4)5)75-64(87)58(42(6)7)77(11)68(92)95-39-46-28-30-47(31-29-46)71-62(85)48(25-21-34-70-67(69)91)72-63(86)56(40(2)3)74-52(80)27-19-16-20-35-79-53(81)32-33-54(79)82/h15,17-18,23-24,28-31,40-44,48-51,56-60H,14,16,19-22,25-27,32-39H2,1-13H3,(H,71,85)(H,72,86)(H,73,84)(H,74,80)(H,75,87)(H,89,90)(H3,69,70,91)/t43-,44+,48-,49-,50-,51+,56-,57-,58-,59-,60+/m0/s1. The number of likely N-dealkylation sites (tertiary alicyclic amines) is 2. The maximum Gasteiger partial charge on any atom is 0.410 e. The van der Waals surface area contributed by atoms with Crippen molar-refractivity contribution in [2.24, 2.45) is 35.3 Å². The van der Waals surface area contributed by atoms with Crippen molar-refractivity contribution in [1.29, 1.82) is 0 Å². The van der Waals surface area contributed by atoms with Gasteiger partial charge in [0.15, 0.2) is 0 Å². The predicted molar refractivity (Wildman–Crippen MR) is 354 cm³/mol. The Labute approximate surface area is 559 Å². The molecule has 0 aliphatic carbocycles. The molecule has 2 aromatic carbocycles. The lowest BCUT2D eigenvalue weighted by atomic mass is 9.89. The molecule has 95 heavy (non-hydrogen) atoms. The van der Waals surface area contributed by atoms with Gasteiger partial charge in [0.25, 0.3) is 0 Å². The van der Waals surface area contributed by atoms with Gasteiger partial charge in [0.1, 0.15) is 36.8 Å². The molecule has 27 nitrogen and oxygen atoms in total. The van der Waals surface area contributed by atoms with E-state index >= 15 is 0 Å². The van der Waals surface area contributed by atoms with Crippen LogP contribution in [0.4, 0.5) is 15.3 Å². The number of carboxylic acids is 1. The van der Waals surface area contributed by atoms with Crippen molar-refractivity contribution in [1.82, 2.24) is 46.2 Å². The number of nitrogens with two attached hydrogens (primary N) is 1. The van der Waals surface area contributed by atoms with Gasteiger partial charge in [-0.3, -0.25) is 53.0 Å². The second-order valence-corrected chi connectivity index (χ2v) is 26.0. The van der Waals surface area contributed by atoms with Crippen LogP contribution in [0.2, 0.25) is 0 Å². The van der Waals surface area contributed by atoms with Gasteiger partial charge in [0.2, 0.25) is 53.2 Å². The molecule has 0 saturated carbocycles. The Kier molecular flexibility index (Phi) is 32.5. The first-order chi connectivity index (χ1) is 44.9. The lowest BCUT2D eigenvalue weighted by Crippen LogP contribution is -2.60. The quantitative estimate of drug-likeness (QED) is 0.0327. The summed E-state index contributed by atoms with van der Waals surface area (Å²) in [5, 5.41) is 26.4. The zero-order valence-corrected chi connectivity index (χ0v) is 57.7. The molecule has 0 spiro atoms. The van der Waals surface area contributed by atoms with E-state index in [1.54, 1.807) is 109 Å². The monoisotopic (exact) mass is 1330 g/mol. The number of carbonyl (C=O) groups excluding carboxylic acids is 11.